The molecule has 0 bridgehead atoms. The Kier molecular flexibility index (Phi) is 5.51. The first-order chi connectivity index (χ1) is 8.56. The molecule has 0 aliphatic rings. The molecule has 0 aliphatic carbocycles. The van der Waals surface area contributed by atoms with Gasteiger partial charge in [0, 0.05) is 33.1 Å². The lowest BCUT2D eigenvalue weighted by molar-refractivity contribution is -0.124. The molecule has 1 aromatic rings. The summed E-state index contributed by atoms with van der Waals surface area (Å²) < 4.78 is 0. The molecule has 1 heterocycles. The van der Waals surface area contributed by atoms with E-state index in [9.17, 15) is 4.79 Å². The molecule has 0 aliphatic heterocycles. The van der Waals surface area contributed by atoms with Crippen molar-refractivity contribution in [3.63, 3.8) is 0 Å². The Hall–Kier alpha value is -1.69. The minimum atomic E-state index is -0.0375. The molecule has 6 heteroatoms. The average molecular weight is 251 g/mol. The minimum Gasteiger partial charge on any atom is -0.372 e. The first-order valence-corrected chi connectivity index (χ1v) is 5.95. The van der Waals surface area contributed by atoms with E-state index in [1.807, 2.05) is 14.0 Å². The first-order valence-electron chi connectivity index (χ1n) is 5.95. The lowest BCUT2D eigenvalue weighted by Crippen LogP contribution is -2.34. The van der Waals surface area contributed by atoms with E-state index < -0.39 is 0 Å². The van der Waals surface area contributed by atoms with E-state index >= 15 is 0 Å². The van der Waals surface area contributed by atoms with Crippen molar-refractivity contribution in [2.24, 2.45) is 5.92 Å². The molecule has 0 saturated carbocycles. The summed E-state index contributed by atoms with van der Waals surface area (Å²) in [4.78, 5) is 22.0. The molecule has 2 N–H and O–H groups in total. The van der Waals surface area contributed by atoms with Crippen molar-refractivity contribution in [2.45, 2.75) is 13.5 Å². The molecule has 0 aromatic carbocycles. The van der Waals surface area contributed by atoms with Crippen LogP contribution in [-0.2, 0) is 11.3 Å². The molecule has 0 spiro atoms. The van der Waals surface area contributed by atoms with E-state index in [0.717, 1.165) is 11.5 Å². The third kappa shape index (κ3) is 4.29. The third-order valence-electron chi connectivity index (χ3n) is 2.67. The standard InChI is InChI=1S/C12H21N5O/c1-9(12(18)14-3)7-17(4)8-10-5-16-11(13-2)6-15-10/h5-6,9H,7-8H2,1-4H3,(H,13,16)(H,14,18). The van der Waals surface area contributed by atoms with Gasteiger partial charge in [-0.15, -0.1) is 0 Å². The number of nitrogens with zero attached hydrogens (tertiary/aromatic N) is 3. The smallest absolute Gasteiger partial charge is 0.223 e. The van der Waals surface area contributed by atoms with Crippen LogP contribution in [0.1, 0.15) is 12.6 Å². The van der Waals surface area contributed by atoms with Gasteiger partial charge in [-0.3, -0.25) is 14.7 Å². The zero-order chi connectivity index (χ0) is 13.5. The van der Waals surface area contributed by atoms with E-state index in [4.69, 9.17) is 0 Å². The Morgan fingerprint density at radius 3 is 2.61 bits per heavy atom. The fraction of sp³-hybridized carbons (Fsp3) is 0.583. The van der Waals surface area contributed by atoms with Crippen LogP contribution in [0.15, 0.2) is 12.4 Å². The Balaban J connectivity index is 2.48. The van der Waals surface area contributed by atoms with Crippen molar-refractivity contribution in [1.82, 2.24) is 20.2 Å². The zero-order valence-electron chi connectivity index (χ0n) is 11.4. The first kappa shape index (κ1) is 14.4. The minimum absolute atomic E-state index is 0.0375. The molecule has 1 rings (SSSR count). The maximum absolute atomic E-state index is 11.4. The normalized spacial score (nSPS) is 12.3. The van der Waals surface area contributed by atoms with Crippen LogP contribution in [0.3, 0.4) is 0 Å². The second kappa shape index (κ2) is 6.90. The van der Waals surface area contributed by atoms with Crippen molar-refractivity contribution >= 4 is 11.7 Å². The SMILES string of the molecule is CNC(=O)C(C)CN(C)Cc1cnc(NC)cn1. The van der Waals surface area contributed by atoms with Crippen LogP contribution in [0.5, 0.6) is 0 Å². The van der Waals surface area contributed by atoms with Gasteiger partial charge in [0.1, 0.15) is 5.82 Å². The van der Waals surface area contributed by atoms with Crippen molar-refractivity contribution in [1.29, 1.82) is 0 Å². The number of hydrogen-bond donors (Lipinski definition) is 2. The van der Waals surface area contributed by atoms with E-state index in [-0.39, 0.29) is 11.8 Å². The molecule has 0 fully saturated rings. The van der Waals surface area contributed by atoms with E-state index in [2.05, 4.69) is 25.5 Å². The topological polar surface area (TPSA) is 70.2 Å². The molecule has 0 radical (unpaired) electrons. The number of nitrogens with one attached hydrogen (secondary N) is 2. The number of carbonyl (C=O) groups excluding carboxylic acids is 1. The molecule has 1 atom stereocenters. The number of aromatic nitrogens is 2. The van der Waals surface area contributed by atoms with Crippen LogP contribution < -0.4 is 10.6 Å². The van der Waals surface area contributed by atoms with Crippen LogP contribution in [0, 0.1) is 5.92 Å². The van der Waals surface area contributed by atoms with Gasteiger partial charge in [0.05, 0.1) is 18.1 Å². The van der Waals surface area contributed by atoms with Gasteiger partial charge in [-0.25, -0.2) is 4.98 Å². The lowest BCUT2D eigenvalue weighted by atomic mass is 10.1. The van der Waals surface area contributed by atoms with Gasteiger partial charge >= 0.3 is 0 Å². The van der Waals surface area contributed by atoms with Crippen molar-refractivity contribution in [3.05, 3.63) is 18.1 Å². The highest BCUT2D eigenvalue weighted by Crippen LogP contribution is 2.05. The van der Waals surface area contributed by atoms with Gasteiger partial charge in [-0.1, -0.05) is 6.92 Å². The Morgan fingerprint density at radius 2 is 2.11 bits per heavy atom. The number of rotatable bonds is 6. The highest BCUT2D eigenvalue weighted by molar-refractivity contribution is 5.78. The molecule has 18 heavy (non-hydrogen) atoms. The molecule has 6 nitrogen and oxygen atoms in total. The molecule has 1 unspecified atom stereocenters. The summed E-state index contributed by atoms with van der Waals surface area (Å²) in [6.45, 7) is 3.28. The molecule has 0 saturated heterocycles. The summed E-state index contributed by atoms with van der Waals surface area (Å²) in [6.07, 6.45) is 3.44. The molecular weight excluding hydrogens is 230 g/mol. The quantitative estimate of drug-likeness (QED) is 0.762. The largest absolute Gasteiger partial charge is 0.372 e. The van der Waals surface area contributed by atoms with E-state index in [1.54, 1.807) is 26.5 Å². The third-order valence-corrected chi connectivity index (χ3v) is 2.67. The van der Waals surface area contributed by atoms with Crippen LogP contribution in [-0.4, -0.2) is 48.5 Å². The number of hydrogen-bond acceptors (Lipinski definition) is 5. The molecule has 100 valence electrons. The van der Waals surface area contributed by atoms with Gasteiger partial charge < -0.3 is 10.6 Å². The van der Waals surface area contributed by atoms with Gasteiger partial charge in [0.2, 0.25) is 5.91 Å². The molecule has 1 aromatic heterocycles. The van der Waals surface area contributed by atoms with E-state index in [0.29, 0.717) is 13.1 Å². The van der Waals surface area contributed by atoms with Crippen molar-refractivity contribution in [3.8, 4) is 0 Å². The maximum Gasteiger partial charge on any atom is 0.223 e. The van der Waals surface area contributed by atoms with E-state index in [1.165, 1.54) is 0 Å². The summed E-state index contributed by atoms with van der Waals surface area (Å²) in [6, 6.07) is 0. The van der Waals surface area contributed by atoms with Crippen LogP contribution in [0.4, 0.5) is 5.82 Å². The second-order valence-corrected chi connectivity index (χ2v) is 4.36. The van der Waals surface area contributed by atoms with Gasteiger partial charge in [-0.05, 0) is 7.05 Å². The monoisotopic (exact) mass is 251 g/mol. The molecule has 1 amide bonds. The van der Waals surface area contributed by atoms with Crippen LogP contribution >= 0.6 is 0 Å². The highest BCUT2D eigenvalue weighted by atomic mass is 16.1. The zero-order valence-corrected chi connectivity index (χ0v) is 11.4. The van der Waals surface area contributed by atoms with Crippen molar-refractivity contribution in [2.75, 3.05) is 33.0 Å². The van der Waals surface area contributed by atoms with Gasteiger partial charge in [0.15, 0.2) is 0 Å². The predicted octanol–water partition coefficient (Wildman–Crippen LogP) is 0.332. The Labute approximate surface area is 108 Å². The maximum atomic E-state index is 11.4. The summed E-state index contributed by atoms with van der Waals surface area (Å²) in [5.41, 5.74) is 0.889. The van der Waals surface area contributed by atoms with Crippen LogP contribution in [0.2, 0.25) is 0 Å². The lowest BCUT2D eigenvalue weighted by Gasteiger charge is -2.19. The van der Waals surface area contributed by atoms with Gasteiger partial charge in [0.25, 0.3) is 0 Å². The summed E-state index contributed by atoms with van der Waals surface area (Å²) in [7, 11) is 5.43. The predicted molar refractivity (Wildman–Crippen MR) is 71.1 cm³/mol. The summed E-state index contributed by atoms with van der Waals surface area (Å²) >= 11 is 0. The molecular formula is C12H21N5O. The average Bonchev–Trinajstić information content (AvgIpc) is 2.38. The number of amides is 1. The summed E-state index contributed by atoms with van der Waals surface area (Å²) in [5, 5.41) is 5.57. The summed E-state index contributed by atoms with van der Waals surface area (Å²) in [5.74, 6) is 0.767. The number of anilines is 1. The fourth-order valence-electron chi connectivity index (χ4n) is 1.70. The van der Waals surface area contributed by atoms with Gasteiger partial charge in [-0.2, -0.15) is 0 Å². The highest BCUT2D eigenvalue weighted by Gasteiger charge is 2.13. The fourth-order valence-corrected chi connectivity index (χ4v) is 1.70. The Bertz CT molecular complexity index is 379. The van der Waals surface area contributed by atoms with Crippen molar-refractivity contribution < 1.29 is 4.79 Å². The second-order valence-electron chi connectivity index (χ2n) is 4.36. The van der Waals surface area contributed by atoms with Crippen LogP contribution in [0.25, 0.3) is 0 Å². The number of carbonyl (C=O) groups is 1. The Morgan fingerprint density at radius 1 is 1.39 bits per heavy atom.